The zero-order valence-electron chi connectivity index (χ0n) is 8.44. The Hall–Kier alpha value is -1.30. The number of Topliss-reactive ketones (excluding diaryl/α,β-unsaturated/α-hetero) is 1. The molecule has 3 nitrogen and oxygen atoms in total. The van der Waals surface area contributed by atoms with Gasteiger partial charge in [-0.1, -0.05) is 12.1 Å². The molecule has 1 N–H and O–H groups in total. The maximum absolute atomic E-state index is 11.6. The number of hydrogen-bond donors (Lipinski definition) is 1. The summed E-state index contributed by atoms with van der Waals surface area (Å²) in [5, 5.41) is 0. The third-order valence-corrected chi connectivity index (χ3v) is 2.98. The summed E-state index contributed by atoms with van der Waals surface area (Å²) in [5.41, 5.74) is 0.575. The van der Waals surface area contributed by atoms with Crippen LogP contribution in [0.5, 0.6) is 5.75 Å². The molecule has 82 valence electrons. The molecule has 16 heavy (non-hydrogen) atoms. The monoisotopic (exact) mass is 327 g/mol. The molecule has 2 rings (SSSR count). The summed E-state index contributed by atoms with van der Waals surface area (Å²) < 4.78 is 6.44. The first kappa shape index (κ1) is 11.2. The first-order valence-corrected chi connectivity index (χ1v) is 5.89. The number of rotatable bonds is 4. The number of para-hydroxylation sites is 1. The van der Waals surface area contributed by atoms with Gasteiger partial charge in [-0.3, -0.25) is 4.79 Å². The lowest BCUT2D eigenvalue weighted by molar-refractivity contribution is 0.0916. The molecule has 0 aliphatic heterocycles. The van der Waals surface area contributed by atoms with Crippen LogP contribution >= 0.6 is 22.6 Å². The molecule has 0 saturated carbocycles. The van der Waals surface area contributed by atoms with Crippen LogP contribution in [0.25, 0.3) is 0 Å². The topological polar surface area (TPSA) is 42.1 Å². The third-order valence-electron chi connectivity index (χ3n) is 2.09. The average molecular weight is 327 g/mol. The summed E-state index contributed by atoms with van der Waals surface area (Å²) >= 11 is 2.18. The first-order chi connectivity index (χ1) is 7.77. The fraction of sp³-hybridized carbons (Fsp3) is 0.0833. The zero-order valence-corrected chi connectivity index (χ0v) is 10.6. The van der Waals surface area contributed by atoms with Crippen molar-refractivity contribution in [3.63, 3.8) is 0 Å². The number of carbonyl (C=O) groups excluding carboxylic acids is 1. The molecule has 0 fully saturated rings. The Morgan fingerprint density at radius 3 is 2.75 bits per heavy atom. The van der Waals surface area contributed by atoms with Crippen molar-refractivity contribution in [3.8, 4) is 5.75 Å². The highest BCUT2D eigenvalue weighted by atomic mass is 127. The molecule has 0 atom stereocenters. The molecule has 4 heteroatoms. The van der Waals surface area contributed by atoms with E-state index in [1.807, 2.05) is 24.3 Å². The largest absolute Gasteiger partial charge is 0.484 e. The summed E-state index contributed by atoms with van der Waals surface area (Å²) in [4.78, 5) is 14.5. The predicted octanol–water partition coefficient (Wildman–Crippen LogP) is 2.88. The molecule has 0 aliphatic rings. The quantitative estimate of drug-likeness (QED) is 0.693. The SMILES string of the molecule is O=C(COc1ccccc1I)c1ccc[nH]1. The van der Waals surface area contributed by atoms with Gasteiger partial charge in [0, 0.05) is 6.20 Å². The normalized spacial score (nSPS) is 10.1. The van der Waals surface area contributed by atoms with E-state index in [1.54, 1.807) is 18.3 Å². The van der Waals surface area contributed by atoms with E-state index < -0.39 is 0 Å². The molecule has 1 aromatic carbocycles. The van der Waals surface area contributed by atoms with Crippen LogP contribution < -0.4 is 4.74 Å². The number of ether oxygens (including phenoxy) is 1. The lowest BCUT2D eigenvalue weighted by Crippen LogP contribution is -2.12. The van der Waals surface area contributed by atoms with E-state index in [0.717, 1.165) is 9.32 Å². The van der Waals surface area contributed by atoms with Gasteiger partial charge in [-0.05, 0) is 46.9 Å². The van der Waals surface area contributed by atoms with Gasteiger partial charge in [-0.25, -0.2) is 0 Å². The summed E-state index contributed by atoms with van der Waals surface area (Å²) in [6, 6.07) is 11.1. The van der Waals surface area contributed by atoms with E-state index >= 15 is 0 Å². The Morgan fingerprint density at radius 2 is 2.06 bits per heavy atom. The van der Waals surface area contributed by atoms with E-state index in [4.69, 9.17) is 4.74 Å². The Balaban J connectivity index is 1.98. The molecule has 0 radical (unpaired) electrons. The molecule has 0 saturated heterocycles. The second-order valence-electron chi connectivity index (χ2n) is 3.23. The molecule has 0 spiro atoms. The Morgan fingerprint density at radius 1 is 1.25 bits per heavy atom. The second-order valence-corrected chi connectivity index (χ2v) is 4.39. The molecule has 0 amide bonds. The van der Waals surface area contributed by atoms with E-state index in [9.17, 15) is 4.79 Å². The number of H-pyrrole nitrogens is 1. The summed E-state index contributed by atoms with van der Waals surface area (Å²) in [5.74, 6) is 0.688. The highest BCUT2D eigenvalue weighted by Gasteiger charge is 2.08. The van der Waals surface area contributed by atoms with Crippen LogP contribution in [0, 0.1) is 3.57 Å². The highest BCUT2D eigenvalue weighted by Crippen LogP contribution is 2.19. The minimum Gasteiger partial charge on any atom is -0.484 e. The molecular weight excluding hydrogens is 317 g/mol. The smallest absolute Gasteiger partial charge is 0.216 e. The van der Waals surface area contributed by atoms with Gasteiger partial charge >= 0.3 is 0 Å². The van der Waals surface area contributed by atoms with Gasteiger partial charge in [0.15, 0.2) is 6.61 Å². The van der Waals surface area contributed by atoms with Gasteiger partial charge in [-0.15, -0.1) is 0 Å². The second kappa shape index (κ2) is 5.16. The molecule has 0 aliphatic carbocycles. The van der Waals surface area contributed by atoms with E-state index in [2.05, 4.69) is 27.6 Å². The van der Waals surface area contributed by atoms with Crippen molar-refractivity contribution in [2.24, 2.45) is 0 Å². The zero-order chi connectivity index (χ0) is 11.4. The van der Waals surface area contributed by atoms with Gasteiger partial charge in [-0.2, -0.15) is 0 Å². The number of aromatic nitrogens is 1. The number of ketones is 1. The highest BCUT2D eigenvalue weighted by molar-refractivity contribution is 14.1. The number of hydrogen-bond acceptors (Lipinski definition) is 2. The summed E-state index contributed by atoms with van der Waals surface area (Å²) in [7, 11) is 0. The van der Waals surface area contributed by atoms with Crippen LogP contribution in [0.2, 0.25) is 0 Å². The minimum atomic E-state index is -0.0512. The summed E-state index contributed by atoms with van der Waals surface area (Å²) in [6.07, 6.45) is 1.72. The maximum atomic E-state index is 11.6. The molecule has 1 heterocycles. The van der Waals surface area contributed by atoms with Crippen LogP contribution in [0.3, 0.4) is 0 Å². The lowest BCUT2D eigenvalue weighted by Gasteiger charge is -2.06. The molecule has 2 aromatic rings. The van der Waals surface area contributed by atoms with E-state index in [-0.39, 0.29) is 12.4 Å². The molecule has 0 unspecified atom stereocenters. The summed E-state index contributed by atoms with van der Waals surface area (Å²) in [6.45, 7) is 0.0561. The van der Waals surface area contributed by atoms with Crippen LogP contribution in [0.1, 0.15) is 10.5 Å². The fourth-order valence-corrected chi connectivity index (χ4v) is 1.83. The number of nitrogens with one attached hydrogen (secondary N) is 1. The van der Waals surface area contributed by atoms with E-state index in [0.29, 0.717) is 5.69 Å². The fourth-order valence-electron chi connectivity index (χ4n) is 1.29. The van der Waals surface area contributed by atoms with Crippen LogP contribution in [-0.4, -0.2) is 17.4 Å². The van der Waals surface area contributed by atoms with Crippen molar-refractivity contribution in [3.05, 3.63) is 51.9 Å². The maximum Gasteiger partial charge on any atom is 0.216 e. The number of aromatic amines is 1. The van der Waals surface area contributed by atoms with Crippen LogP contribution in [0.4, 0.5) is 0 Å². The number of carbonyl (C=O) groups is 1. The third kappa shape index (κ3) is 2.63. The number of benzene rings is 1. The molecular formula is C12H10INO2. The van der Waals surface area contributed by atoms with Crippen molar-refractivity contribution in [2.75, 3.05) is 6.61 Å². The standard InChI is InChI=1S/C12H10INO2/c13-9-4-1-2-6-12(9)16-8-11(15)10-5-3-7-14-10/h1-7,14H,8H2. The van der Waals surface area contributed by atoms with Crippen LogP contribution in [-0.2, 0) is 0 Å². The van der Waals surface area contributed by atoms with Gasteiger partial charge in [0.05, 0.1) is 9.26 Å². The van der Waals surface area contributed by atoms with Gasteiger partial charge < -0.3 is 9.72 Å². The van der Waals surface area contributed by atoms with Gasteiger partial charge in [0.2, 0.25) is 5.78 Å². The first-order valence-electron chi connectivity index (χ1n) is 4.81. The Kier molecular flexibility index (Phi) is 3.61. The van der Waals surface area contributed by atoms with Crippen molar-refractivity contribution in [1.29, 1.82) is 0 Å². The van der Waals surface area contributed by atoms with Crippen molar-refractivity contribution in [1.82, 2.24) is 4.98 Å². The van der Waals surface area contributed by atoms with Crippen molar-refractivity contribution < 1.29 is 9.53 Å². The van der Waals surface area contributed by atoms with E-state index in [1.165, 1.54) is 0 Å². The Bertz CT molecular complexity index is 480. The van der Waals surface area contributed by atoms with Crippen molar-refractivity contribution in [2.45, 2.75) is 0 Å². The van der Waals surface area contributed by atoms with Crippen molar-refractivity contribution >= 4 is 28.4 Å². The van der Waals surface area contributed by atoms with Gasteiger partial charge in [0.25, 0.3) is 0 Å². The van der Waals surface area contributed by atoms with Crippen LogP contribution in [0.15, 0.2) is 42.6 Å². The Labute approximate surface area is 107 Å². The average Bonchev–Trinajstić information content (AvgIpc) is 2.81. The number of halogens is 1. The minimum absolute atomic E-state index is 0.0512. The molecule has 0 bridgehead atoms. The lowest BCUT2D eigenvalue weighted by atomic mass is 10.3. The molecule has 1 aromatic heterocycles. The predicted molar refractivity (Wildman–Crippen MR) is 69.8 cm³/mol. The van der Waals surface area contributed by atoms with Gasteiger partial charge in [0.1, 0.15) is 5.75 Å².